The molecule has 0 bridgehead atoms. The highest BCUT2D eigenvalue weighted by Gasteiger charge is 2.32. The number of aromatic nitrogens is 2. The van der Waals surface area contributed by atoms with Crippen LogP contribution in [0.4, 0.5) is 8.78 Å². The van der Waals surface area contributed by atoms with Crippen LogP contribution in [0.5, 0.6) is 0 Å². The molecule has 5 rings (SSSR count). The van der Waals surface area contributed by atoms with Crippen LogP contribution in [0.25, 0.3) is 16.6 Å². The van der Waals surface area contributed by atoms with E-state index in [-0.39, 0.29) is 28.3 Å². The number of carbonyl (C=O) groups excluding carboxylic acids is 1. The van der Waals surface area contributed by atoms with Crippen LogP contribution in [0.2, 0.25) is 0 Å². The SMILES string of the molecule is O=C(CSc1nc2ccccc2c(=O)n1-c1ccccc1F)N1CCS[C@H]1c1ccccc1F. The lowest BCUT2D eigenvalue weighted by Crippen LogP contribution is -2.32. The summed E-state index contributed by atoms with van der Waals surface area (Å²) in [5, 5.41) is 0.168. The Kier molecular flexibility index (Phi) is 6.38. The normalized spacial score (nSPS) is 15.7. The molecule has 1 fully saturated rings. The summed E-state index contributed by atoms with van der Waals surface area (Å²) in [6.45, 7) is 0.494. The topological polar surface area (TPSA) is 55.2 Å². The van der Waals surface area contributed by atoms with E-state index in [4.69, 9.17) is 0 Å². The lowest BCUT2D eigenvalue weighted by atomic mass is 10.2. The molecule has 5 nitrogen and oxygen atoms in total. The fourth-order valence-corrected chi connectivity index (χ4v) is 6.11. The first-order valence-electron chi connectivity index (χ1n) is 10.6. The fraction of sp³-hybridized carbons (Fsp3) is 0.160. The molecule has 2 heterocycles. The molecular formula is C25H19F2N3O2S2. The Morgan fingerprint density at radius 1 is 1.00 bits per heavy atom. The number of thioether (sulfide) groups is 2. The lowest BCUT2D eigenvalue weighted by molar-refractivity contribution is -0.128. The summed E-state index contributed by atoms with van der Waals surface area (Å²) < 4.78 is 30.2. The number of carbonyl (C=O) groups is 1. The van der Waals surface area contributed by atoms with Gasteiger partial charge < -0.3 is 4.90 Å². The summed E-state index contributed by atoms with van der Waals surface area (Å²) in [7, 11) is 0. The molecule has 172 valence electrons. The Morgan fingerprint density at radius 2 is 1.71 bits per heavy atom. The molecule has 1 atom stereocenters. The van der Waals surface area contributed by atoms with Gasteiger partial charge in [-0.15, -0.1) is 11.8 Å². The molecule has 0 radical (unpaired) electrons. The summed E-state index contributed by atoms with van der Waals surface area (Å²) in [6.07, 6.45) is 0. The minimum Gasteiger partial charge on any atom is -0.325 e. The largest absolute Gasteiger partial charge is 0.325 e. The zero-order chi connectivity index (χ0) is 23.7. The van der Waals surface area contributed by atoms with Crippen molar-refractivity contribution in [2.45, 2.75) is 10.5 Å². The molecule has 4 aromatic rings. The third-order valence-electron chi connectivity index (χ3n) is 5.55. The summed E-state index contributed by atoms with van der Waals surface area (Å²) in [4.78, 5) is 32.6. The Morgan fingerprint density at radius 3 is 2.50 bits per heavy atom. The summed E-state index contributed by atoms with van der Waals surface area (Å²) in [5.41, 5.74) is 0.597. The van der Waals surface area contributed by atoms with Gasteiger partial charge in [-0.3, -0.25) is 14.2 Å². The van der Waals surface area contributed by atoms with E-state index in [9.17, 15) is 18.4 Å². The highest BCUT2D eigenvalue weighted by atomic mass is 32.2. The number of amides is 1. The lowest BCUT2D eigenvalue weighted by Gasteiger charge is -2.24. The van der Waals surface area contributed by atoms with E-state index in [0.717, 1.165) is 11.8 Å². The maximum Gasteiger partial charge on any atom is 0.266 e. The van der Waals surface area contributed by atoms with Gasteiger partial charge in [-0.25, -0.2) is 13.8 Å². The second-order valence-electron chi connectivity index (χ2n) is 7.62. The first-order valence-corrected chi connectivity index (χ1v) is 12.6. The molecule has 3 aromatic carbocycles. The van der Waals surface area contributed by atoms with Crippen LogP contribution >= 0.6 is 23.5 Å². The van der Waals surface area contributed by atoms with E-state index in [2.05, 4.69) is 4.98 Å². The van der Waals surface area contributed by atoms with Crippen LogP contribution in [0.1, 0.15) is 10.9 Å². The molecule has 0 saturated carbocycles. The van der Waals surface area contributed by atoms with Crippen LogP contribution in [0, 0.1) is 11.6 Å². The predicted molar refractivity (Wildman–Crippen MR) is 131 cm³/mol. The van der Waals surface area contributed by atoms with Crippen molar-refractivity contribution in [1.82, 2.24) is 14.5 Å². The van der Waals surface area contributed by atoms with Crippen LogP contribution in [0.15, 0.2) is 82.7 Å². The van der Waals surface area contributed by atoms with Gasteiger partial charge in [-0.05, 0) is 30.3 Å². The van der Waals surface area contributed by atoms with Gasteiger partial charge in [0, 0.05) is 17.9 Å². The maximum atomic E-state index is 14.6. The van der Waals surface area contributed by atoms with Crippen molar-refractivity contribution < 1.29 is 13.6 Å². The highest BCUT2D eigenvalue weighted by molar-refractivity contribution is 8.00. The zero-order valence-electron chi connectivity index (χ0n) is 17.9. The van der Waals surface area contributed by atoms with Crippen LogP contribution < -0.4 is 5.56 Å². The smallest absolute Gasteiger partial charge is 0.266 e. The number of benzene rings is 3. The number of fused-ring (bicyclic) bond motifs is 1. The first kappa shape index (κ1) is 22.6. The van der Waals surface area contributed by atoms with Crippen molar-refractivity contribution in [3.8, 4) is 5.69 Å². The summed E-state index contributed by atoms with van der Waals surface area (Å²) in [6, 6.07) is 19.2. The Bertz CT molecular complexity index is 1440. The van der Waals surface area contributed by atoms with Gasteiger partial charge in [-0.1, -0.05) is 54.2 Å². The second kappa shape index (κ2) is 9.60. The monoisotopic (exact) mass is 495 g/mol. The molecule has 0 N–H and O–H groups in total. The minimum absolute atomic E-state index is 0.0231. The molecule has 1 aliphatic rings. The quantitative estimate of drug-likeness (QED) is 0.287. The van der Waals surface area contributed by atoms with Gasteiger partial charge in [0.15, 0.2) is 5.16 Å². The number of rotatable bonds is 5. The second-order valence-corrected chi connectivity index (χ2v) is 9.75. The molecule has 0 unspecified atom stereocenters. The van der Waals surface area contributed by atoms with E-state index in [1.165, 1.54) is 34.5 Å². The number of para-hydroxylation sites is 2. The third kappa shape index (κ3) is 4.21. The molecule has 1 saturated heterocycles. The van der Waals surface area contributed by atoms with Gasteiger partial charge >= 0.3 is 0 Å². The van der Waals surface area contributed by atoms with Gasteiger partial charge in [0.05, 0.1) is 22.3 Å². The number of hydrogen-bond acceptors (Lipinski definition) is 5. The maximum absolute atomic E-state index is 14.6. The van der Waals surface area contributed by atoms with Crippen LogP contribution in [-0.2, 0) is 4.79 Å². The van der Waals surface area contributed by atoms with E-state index in [1.54, 1.807) is 59.5 Å². The van der Waals surface area contributed by atoms with Crippen LogP contribution in [0.3, 0.4) is 0 Å². The van der Waals surface area contributed by atoms with Crippen molar-refractivity contribution >= 4 is 40.3 Å². The zero-order valence-corrected chi connectivity index (χ0v) is 19.5. The molecule has 34 heavy (non-hydrogen) atoms. The molecule has 1 aliphatic heterocycles. The van der Waals surface area contributed by atoms with Crippen molar-refractivity contribution in [3.05, 3.63) is 100 Å². The highest BCUT2D eigenvalue weighted by Crippen LogP contribution is 2.39. The fourth-order valence-electron chi connectivity index (χ4n) is 3.92. The van der Waals surface area contributed by atoms with Crippen molar-refractivity contribution in [1.29, 1.82) is 0 Å². The van der Waals surface area contributed by atoms with E-state index in [1.807, 2.05) is 0 Å². The van der Waals surface area contributed by atoms with Crippen molar-refractivity contribution in [3.63, 3.8) is 0 Å². The number of hydrogen-bond donors (Lipinski definition) is 0. The third-order valence-corrected chi connectivity index (χ3v) is 7.71. The molecule has 1 aromatic heterocycles. The molecule has 0 aliphatic carbocycles. The Hall–Kier alpha value is -3.17. The van der Waals surface area contributed by atoms with Gasteiger partial charge in [0.1, 0.15) is 17.0 Å². The Labute approximate surface area is 202 Å². The van der Waals surface area contributed by atoms with Crippen molar-refractivity contribution in [2.75, 3.05) is 18.1 Å². The molecule has 9 heteroatoms. The summed E-state index contributed by atoms with van der Waals surface area (Å²) in [5.74, 6) is -0.443. The standard InChI is InChI=1S/C25H19F2N3O2S2/c26-18-9-3-1-7-16(18)24-29(13-14-33-24)22(31)15-34-25-28-20-11-5-2-8-17(20)23(32)30(25)21-12-6-4-10-19(21)27/h1-12,24H,13-15H2/t24-/m0/s1. The van der Waals surface area contributed by atoms with E-state index < -0.39 is 16.8 Å². The minimum atomic E-state index is -0.564. The van der Waals surface area contributed by atoms with Crippen LogP contribution in [-0.4, -0.2) is 38.4 Å². The van der Waals surface area contributed by atoms with Gasteiger partial charge in [-0.2, -0.15) is 0 Å². The molecule has 1 amide bonds. The van der Waals surface area contributed by atoms with E-state index >= 15 is 0 Å². The Balaban J connectivity index is 1.48. The molecular weight excluding hydrogens is 476 g/mol. The molecule has 0 spiro atoms. The van der Waals surface area contributed by atoms with E-state index in [0.29, 0.717) is 28.8 Å². The number of halogens is 2. The van der Waals surface area contributed by atoms with Gasteiger partial charge in [0.2, 0.25) is 5.91 Å². The van der Waals surface area contributed by atoms with Crippen molar-refractivity contribution in [2.24, 2.45) is 0 Å². The average Bonchev–Trinajstić information content (AvgIpc) is 3.33. The average molecular weight is 496 g/mol. The number of nitrogens with zero attached hydrogens (tertiary/aromatic N) is 3. The van der Waals surface area contributed by atoms with Gasteiger partial charge in [0.25, 0.3) is 5.56 Å². The first-order chi connectivity index (χ1) is 16.5. The predicted octanol–water partition coefficient (Wildman–Crippen LogP) is 5.03. The summed E-state index contributed by atoms with van der Waals surface area (Å²) >= 11 is 2.58.